The first-order valence-corrected chi connectivity index (χ1v) is 2.72. The molecule has 5 heteroatoms. The average Bonchev–Trinajstić information content (AvgIpc) is 1.87. The Balaban J connectivity index is 3.80. The molecule has 58 valence electrons. The summed E-state index contributed by atoms with van der Waals surface area (Å²) in [4.78, 5) is 10.1. The lowest BCUT2D eigenvalue weighted by Crippen LogP contribution is -2.31. The van der Waals surface area contributed by atoms with E-state index in [9.17, 15) is 4.79 Å². The van der Waals surface area contributed by atoms with Gasteiger partial charge in [0.2, 0.25) is 0 Å². The summed E-state index contributed by atoms with van der Waals surface area (Å²) in [6.45, 7) is 0. The van der Waals surface area contributed by atoms with Gasteiger partial charge in [-0.25, -0.2) is 0 Å². The number of carboxylic acids is 1. The normalized spacial score (nSPS) is 14.7. The van der Waals surface area contributed by atoms with Gasteiger partial charge in [0.15, 0.2) is 0 Å². The zero-order valence-electron chi connectivity index (χ0n) is 5.45. The SMILES string of the molecule is N/C=C(/N)CC(N)C(=O)O. The van der Waals surface area contributed by atoms with E-state index < -0.39 is 12.0 Å². The molecule has 5 nitrogen and oxygen atoms in total. The highest BCUT2D eigenvalue weighted by Gasteiger charge is 2.11. The fourth-order valence-corrected chi connectivity index (χ4v) is 0.409. The number of hydrogen-bond donors (Lipinski definition) is 4. The molecular formula is C5H11N3O2. The number of carbonyl (C=O) groups is 1. The van der Waals surface area contributed by atoms with Gasteiger partial charge in [0.05, 0.1) is 0 Å². The van der Waals surface area contributed by atoms with Crippen LogP contribution in [0.2, 0.25) is 0 Å². The summed E-state index contributed by atoms with van der Waals surface area (Å²) in [5, 5.41) is 8.28. The highest BCUT2D eigenvalue weighted by Crippen LogP contribution is 1.94. The summed E-state index contributed by atoms with van der Waals surface area (Å²) in [5.74, 6) is -1.08. The van der Waals surface area contributed by atoms with E-state index in [-0.39, 0.29) is 12.1 Å². The lowest BCUT2D eigenvalue weighted by Gasteiger charge is -2.04. The quantitative estimate of drug-likeness (QED) is 0.387. The molecule has 0 aliphatic heterocycles. The summed E-state index contributed by atoms with van der Waals surface area (Å²) < 4.78 is 0. The van der Waals surface area contributed by atoms with Crippen molar-refractivity contribution in [3.8, 4) is 0 Å². The molecule has 0 saturated heterocycles. The molecule has 0 rings (SSSR count). The van der Waals surface area contributed by atoms with Gasteiger partial charge in [-0.3, -0.25) is 4.79 Å². The van der Waals surface area contributed by atoms with Gasteiger partial charge >= 0.3 is 5.97 Å². The Kier molecular flexibility index (Phi) is 3.27. The molecule has 0 fully saturated rings. The zero-order chi connectivity index (χ0) is 8.15. The van der Waals surface area contributed by atoms with E-state index in [4.69, 9.17) is 22.3 Å². The molecule has 0 heterocycles. The van der Waals surface area contributed by atoms with Crippen molar-refractivity contribution in [2.45, 2.75) is 12.5 Å². The largest absolute Gasteiger partial charge is 0.480 e. The van der Waals surface area contributed by atoms with E-state index in [1.54, 1.807) is 0 Å². The van der Waals surface area contributed by atoms with Gasteiger partial charge < -0.3 is 22.3 Å². The Labute approximate surface area is 58.5 Å². The molecular weight excluding hydrogens is 134 g/mol. The topological polar surface area (TPSA) is 115 Å². The van der Waals surface area contributed by atoms with E-state index >= 15 is 0 Å². The van der Waals surface area contributed by atoms with Crippen LogP contribution in [-0.4, -0.2) is 17.1 Å². The molecule has 1 unspecified atom stereocenters. The van der Waals surface area contributed by atoms with Crippen molar-refractivity contribution in [2.24, 2.45) is 17.2 Å². The minimum Gasteiger partial charge on any atom is -0.480 e. The zero-order valence-corrected chi connectivity index (χ0v) is 5.45. The van der Waals surface area contributed by atoms with Crippen LogP contribution in [0.5, 0.6) is 0 Å². The summed E-state index contributed by atoms with van der Waals surface area (Å²) in [6, 6.07) is -0.959. The van der Waals surface area contributed by atoms with E-state index in [2.05, 4.69) is 0 Å². The second kappa shape index (κ2) is 3.73. The van der Waals surface area contributed by atoms with Crippen LogP contribution in [0.15, 0.2) is 11.9 Å². The van der Waals surface area contributed by atoms with Gasteiger partial charge in [-0.2, -0.15) is 0 Å². The predicted octanol–water partition coefficient (Wildman–Crippen LogP) is -1.45. The molecule has 0 radical (unpaired) electrons. The number of nitrogens with two attached hydrogens (primary N) is 3. The van der Waals surface area contributed by atoms with Crippen LogP contribution in [0, 0.1) is 0 Å². The predicted molar refractivity (Wildman–Crippen MR) is 36.7 cm³/mol. The van der Waals surface area contributed by atoms with Gasteiger partial charge in [0.1, 0.15) is 6.04 Å². The van der Waals surface area contributed by atoms with E-state index in [1.165, 1.54) is 0 Å². The van der Waals surface area contributed by atoms with Crippen molar-refractivity contribution >= 4 is 5.97 Å². The number of aliphatic carboxylic acids is 1. The molecule has 0 bridgehead atoms. The molecule has 0 amide bonds. The highest BCUT2D eigenvalue weighted by atomic mass is 16.4. The molecule has 0 spiro atoms. The number of hydrogen-bond acceptors (Lipinski definition) is 4. The molecule has 10 heavy (non-hydrogen) atoms. The molecule has 1 atom stereocenters. The van der Waals surface area contributed by atoms with Crippen molar-refractivity contribution in [3.63, 3.8) is 0 Å². The molecule has 0 saturated carbocycles. The molecule has 7 N–H and O–H groups in total. The van der Waals surface area contributed by atoms with Gasteiger partial charge in [-0.05, 0) is 0 Å². The van der Waals surface area contributed by atoms with Crippen LogP contribution in [0.4, 0.5) is 0 Å². The minimum absolute atomic E-state index is 0.0891. The summed E-state index contributed by atoms with van der Waals surface area (Å²) in [7, 11) is 0. The third-order valence-corrected chi connectivity index (χ3v) is 0.987. The molecule has 0 aliphatic rings. The lowest BCUT2D eigenvalue weighted by molar-refractivity contribution is -0.138. The van der Waals surface area contributed by atoms with Crippen molar-refractivity contribution in [1.82, 2.24) is 0 Å². The van der Waals surface area contributed by atoms with E-state index in [0.717, 1.165) is 6.20 Å². The fourth-order valence-electron chi connectivity index (χ4n) is 0.409. The maximum absolute atomic E-state index is 10.1. The second-order valence-corrected chi connectivity index (χ2v) is 1.89. The van der Waals surface area contributed by atoms with E-state index in [1.807, 2.05) is 0 Å². The Morgan fingerprint density at radius 1 is 1.70 bits per heavy atom. The summed E-state index contributed by atoms with van der Waals surface area (Å²) in [5.41, 5.74) is 15.6. The van der Waals surface area contributed by atoms with E-state index in [0.29, 0.717) is 0 Å². The van der Waals surface area contributed by atoms with Crippen molar-refractivity contribution < 1.29 is 9.90 Å². The standard InChI is InChI=1S/C5H11N3O2/c6-2-3(7)1-4(8)5(9)10/h2,4H,1,6-8H2,(H,9,10)/b3-2+. The molecule has 0 aromatic carbocycles. The smallest absolute Gasteiger partial charge is 0.320 e. The van der Waals surface area contributed by atoms with Crippen LogP contribution in [0.25, 0.3) is 0 Å². The second-order valence-electron chi connectivity index (χ2n) is 1.89. The van der Waals surface area contributed by atoms with Gasteiger partial charge in [0.25, 0.3) is 0 Å². The van der Waals surface area contributed by atoms with Crippen molar-refractivity contribution in [3.05, 3.63) is 11.9 Å². The third-order valence-electron chi connectivity index (χ3n) is 0.987. The monoisotopic (exact) mass is 145 g/mol. The Hall–Kier alpha value is -1.23. The fraction of sp³-hybridized carbons (Fsp3) is 0.400. The maximum atomic E-state index is 10.1. The first kappa shape index (κ1) is 8.77. The van der Waals surface area contributed by atoms with Gasteiger partial charge in [-0.1, -0.05) is 0 Å². The Morgan fingerprint density at radius 3 is 2.50 bits per heavy atom. The van der Waals surface area contributed by atoms with Crippen LogP contribution in [-0.2, 0) is 4.79 Å². The highest BCUT2D eigenvalue weighted by molar-refractivity contribution is 5.73. The van der Waals surface area contributed by atoms with Crippen LogP contribution < -0.4 is 17.2 Å². The van der Waals surface area contributed by atoms with Crippen molar-refractivity contribution in [1.29, 1.82) is 0 Å². The average molecular weight is 145 g/mol. The Bertz CT molecular complexity index is 155. The molecule has 0 aliphatic carbocycles. The summed E-state index contributed by atoms with van der Waals surface area (Å²) in [6.07, 6.45) is 1.23. The maximum Gasteiger partial charge on any atom is 0.320 e. The molecule has 0 aromatic heterocycles. The van der Waals surface area contributed by atoms with Crippen LogP contribution >= 0.6 is 0 Å². The lowest BCUT2D eigenvalue weighted by atomic mass is 10.2. The first-order chi connectivity index (χ1) is 4.57. The van der Waals surface area contributed by atoms with Gasteiger partial charge in [-0.15, -0.1) is 0 Å². The van der Waals surface area contributed by atoms with Gasteiger partial charge in [0, 0.05) is 18.3 Å². The molecule has 0 aromatic rings. The van der Waals surface area contributed by atoms with Crippen molar-refractivity contribution in [2.75, 3.05) is 0 Å². The number of carboxylic acid groups (broad SMARTS) is 1. The summed E-state index contributed by atoms with van der Waals surface area (Å²) >= 11 is 0. The first-order valence-electron chi connectivity index (χ1n) is 2.72. The van der Waals surface area contributed by atoms with Crippen LogP contribution in [0.1, 0.15) is 6.42 Å². The van der Waals surface area contributed by atoms with Crippen LogP contribution in [0.3, 0.4) is 0 Å². The third kappa shape index (κ3) is 2.93. The Morgan fingerprint density at radius 2 is 2.20 bits per heavy atom. The minimum atomic E-state index is -1.08. The number of rotatable bonds is 3.